The van der Waals surface area contributed by atoms with Crippen molar-refractivity contribution in [1.29, 1.82) is 0 Å². The Morgan fingerprint density at radius 3 is 2.37 bits per heavy atom. The SMILES string of the molecule is NCCOCCNC(=O)c1ccc(C(F)(F)F)cc1. The van der Waals surface area contributed by atoms with Gasteiger partial charge in [-0.1, -0.05) is 0 Å². The van der Waals surface area contributed by atoms with Crippen molar-refractivity contribution in [3.8, 4) is 0 Å². The highest BCUT2D eigenvalue weighted by Gasteiger charge is 2.30. The predicted molar refractivity (Wildman–Crippen MR) is 63.7 cm³/mol. The molecule has 0 unspecified atom stereocenters. The summed E-state index contributed by atoms with van der Waals surface area (Å²) in [5.74, 6) is -0.440. The maximum atomic E-state index is 12.3. The van der Waals surface area contributed by atoms with Gasteiger partial charge in [-0.15, -0.1) is 0 Å². The third kappa shape index (κ3) is 5.27. The maximum absolute atomic E-state index is 12.3. The molecule has 0 saturated heterocycles. The van der Waals surface area contributed by atoms with Crippen molar-refractivity contribution in [3.63, 3.8) is 0 Å². The number of rotatable bonds is 6. The topological polar surface area (TPSA) is 64.3 Å². The summed E-state index contributed by atoms with van der Waals surface area (Å²) in [7, 11) is 0. The zero-order valence-electron chi connectivity index (χ0n) is 10.2. The fourth-order valence-electron chi connectivity index (χ4n) is 1.33. The number of benzene rings is 1. The van der Waals surface area contributed by atoms with E-state index in [1.165, 1.54) is 0 Å². The van der Waals surface area contributed by atoms with E-state index in [0.29, 0.717) is 19.8 Å². The van der Waals surface area contributed by atoms with E-state index in [1.807, 2.05) is 0 Å². The molecule has 0 aliphatic heterocycles. The predicted octanol–water partition coefficient (Wildman–Crippen LogP) is 1.41. The number of hydrogen-bond acceptors (Lipinski definition) is 3. The van der Waals surface area contributed by atoms with Gasteiger partial charge in [0.25, 0.3) is 5.91 Å². The van der Waals surface area contributed by atoms with Crippen LogP contribution in [0.4, 0.5) is 13.2 Å². The molecule has 0 fully saturated rings. The van der Waals surface area contributed by atoms with Gasteiger partial charge in [-0.3, -0.25) is 4.79 Å². The lowest BCUT2D eigenvalue weighted by Gasteiger charge is -2.08. The molecule has 0 aliphatic rings. The molecule has 1 rings (SSSR count). The second kappa shape index (κ2) is 7.10. The second-order valence-corrected chi connectivity index (χ2v) is 3.73. The summed E-state index contributed by atoms with van der Waals surface area (Å²) >= 11 is 0. The number of nitrogens with two attached hydrogens (primary N) is 1. The number of amides is 1. The molecule has 1 amide bonds. The summed E-state index contributed by atoms with van der Waals surface area (Å²) in [4.78, 5) is 11.6. The van der Waals surface area contributed by atoms with Gasteiger partial charge in [0.05, 0.1) is 18.8 Å². The monoisotopic (exact) mass is 276 g/mol. The lowest BCUT2D eigenvalue weighted by molar-refractivity contribution is -0.137. The molecule has 106 valence electrons. The molecule has 4 nitrogen and oxygen atoms in total. The Hall–Kier alpha value is -1.60. The van der Waals surface area contributed by atoms with Crippen LogP contribution < -0.4 is 11.1 Å². The molecule has 1 aromatic carbocycles. The third-order valence-corrected chi connectivity index (χ3v) is 2.27. The molecular formula is C12H15F3N2O2. The molecule has 3 N–H and O–H groups in total. The quantitative estimate of drug-likeness (QED) is 0.772. The first kappa shape index (κ1) is 15.5. The van der Waals surface area contributed by atoms with Gasteiger partial charge in [-0.25, -0.2) is 0 Å². The van der Waals surface area contributed by atoms with Crippen LogP contribution in [0.25, 0.3) is 0 Å². The summed E-state index contributed by atoms with van der Waals surface area (Å²) in [6.07, 6.45) is -4.40. The minimum atomic E-state index is -4.40. The molecule has 0 bridgehead atoms. The van der Waals surface area contributed by atoms with Gasteiger partial charge in [0.15, 0.2) is 0 Å². The summed E-state index contributed by atoms with van der Waals surface area (Å²) in [6.45, 7) is 1.38. The largest absolute Gasteiger partial charge is 0.416 e. The van der Waals surface area contributed by atoms with Crippen LogP contribution in [0.15, 0.2) is 24.3 Å². The number of halogens is 3. The minimum absolute atomic E-state index is 0.173. The van der Waals surface area contributed by atoms with E-state index in [4.69, 9.17) is 10.5 Å². The van der Waals surface area contributed by atoms with Crippen molar-refractivity contribution in [1.82, 2.24) is 5.32 Å². The maximum Gasteiger partial charge on any atom is 0.416 e. The van der Waals surface area contributed by atoms with E-state index in [9.17, 15) is 18.0 Å². The summed E-state index contributed by atoms with van der Waals surface area (Å²) < 4.78 is 42.0. The molecule has 0 aromatic heterocycles. The number of alkyl halides is 3. The molecule has 0 radical (unpaired) electrons. The van der Waals surface area contributed by atoms with Crippen molar-refractivity contribution in [3.05, 3.63) is 35.4 Å². The van der Waals surface area contributed by atoms with E-state index in [0.717, 1.165) is 24.3 Å². The minimum Gasteiger partial charge on any atom is -0.378 e. The Balaban J connectivity index is 2.45. The Bertz CT molecular complexity index is 404. The first-order valence-electron chi connectivity index (χ1n) is 5.68. The van der Waals surface area contributed by atoms with Crippen molar-refractivity contribution in [2.75, 3.05) is 26.3 Å². The molecule has 19 heavy (non-hydrogen) atoms. The summed E-state index contributed by atoms with van der Waals surface area (Å²) in [6, 6.07) is 4.03. The van der Waals surface area contributed by atoms with Crippen LogP contribution in [0.1, 0.15) is 15.9 Å². The Labute approximate surface area is 108 Å². The number of carbonyl (C=O) groups excluding carboxylic acids is 1. The van der Waals surface area contributed by atoms with Crippen molar-refractivity contribution >= 4 is 5.91 Å². The number of carbonyl (C=O) groups is 1. The van der Waals surface area contributed by atoms with E-state index in [-0.39, 0.29) is 12.1 Å². The smallest absolute Gasteiger partial charge is 0.378 e. The average molecular weight is 276 g/mol. The van der Waals surface area contributed by atoms with Crippen LogP contribution in [0.5, 0.6) is 0 Å². The molecule has 0 heterocycles. The van der Waals surface area contributed by atoms with Crippen LogP contribution in [-0.2, 0) is 10.9 Å². The zero-order chi connectivity index (χ0) is 14.3. The highest BCUT2D eigenvalue weighted by atomic mass is 19.4. The van der Waals surface area contributed by atoms with Crippen LogP contribution >= 0.6 is 0 Å². The molecule has 0 spiro atoms. The van der Waals surface area contributed by atoms with Crippen LogP contribution in [0, 0.1) is 0 Å². The Kier molecular flexibility index (Phi) is 5.78. The van der Waals surface area contributed by atoms with Gasteiger partial charge < -0.3 is 15.8 Å². The second-order valence-electron chi connectivity index (χ2n) is 3.73. The zero-order valence-corrected chi connectivity index (χ0v) is 10.2. The normalized spacial score (nSPS) is 11.4. The molecule has 0 saturated carbocycles. The molecule has 7 heteroatoms. The van der Waals surface area contributed by atoms with Crippen molar-refractivity contribution in [2.24, 2.45) is 5.73 Å². The molecule has 1 aromatic rings. The Morgan fingerprint density at radius 2 is 1.84 bits per heavy atom. The first-order chi connectivity index (χ1) is 8.95. The van der Waals surface area contributed by atoms with Gasteiger partial charge in [0.1, 0.15) is 0 Å². The van der Waals surface area contributed by atoms with Crippen molar-refractivity contribution < 1.29 is 22.7 Å². The number of ether oxygens (including phenoxy) is 1. The van der Waals surface area contributed by atoms with Crippen molar-refractivity contribution in [2.45, 2.75) is 6.18 Å². The molecular weight excluding hydrogens is 261 g/mol. The van der Waals surface area contributed by atoms with Gasteiger partial charge in [0.2, 0.25) is 0 Å². The van der Waals surface area contributed by atoms with Gasteiger partial charge in [0, 0.05) is 18.7 Å². The highest BCUT2D eigenvalue weighted by Crippen LogP contribution is 2.28. The van der Waals surface area contributed by atoms with Gasteiger partial charge >= 0.3 is 6.18 Å². The summed E-state index contributed by atoms with van der Waals surface area (Å²) in [5, 5.41) is 2.53. The number of nitrogens with one attached hydrogen (secondary N) is 1. The number of hydrogen-bond donors (Lipinski definition) is 2. The highest BCUT2D eigenvalue weighted by molar-refractivity contribution is 5.94. The van der Waals surface area contributed by atoms with E-state index in [2.05, 4.69) is 5.32 Å². The summed E-state index contributed by atoms with van der Waals surface area (Å²) in [5.41, 5.74) is 4.60. The fraction of sp³-hybridized carbons (Fsp3) is 0.417. The fourth-order valence-corrected chi connectivity index (χ4v) is 1.33. The van der Waals surface area contributed by atoms with Crippen LogP contribution in [0.3, 0.4) is 0 Å². The lowest BCUT2D eigenvalue weighted by atomic mass is 10.1. The third-order valence-electron chi connectivity index (χ3n) is 2.27. The van der Waals surface area contributed by atoms with Crippen LogP contribution in [0.2, 0.25) is 0 Å². The van der Waals surface area contributed by atoms with E-state index < -0.39 is 17.6 Å². The van der Waals surface area contributed by atoms with E-state index in [1.54, 1.807) is 0 Å². The van der Waals surface area contributed by atoms with Gasteiger partial charge in [-0.05, 0) is 24.3 Å². The first-order valence-corrected chi connectivity index (χ1v) is 5.68. The Morgan fingerprint density at radius 1 is 1.21 bits per heavy atom. The van der Waals surface area contributed by atoms with Gasteiger partial charge in [-0.2, -0.15) is 13.2 Å². The lowest BCUT2D eigenvalue weighted by Crippen LogP contribution is -2.27. The standard InChI is InChI=1S/C12H15F3N2O2/c13-12(14,15)10-3-1-9(2-4-10)11(18)17-6-8-19-7-5-16/h1-4H,5-8,16H2,(H,17,18). The molecule has 0 aliphatic carbocycles. The van der Waals surface area contributed by atoms with Crippen LogP contribution in [-0.4, -0.2) is 32.2 Å². The van der Waals surface area contributed by atoms with E-state index >= 15 is 0 Å². The molecule has 0 atom stereocenters. The average Bonchev–Trinajstić information content (AvgIpc) is 2.37.